The van der Waals surface area contributed by atoms with Crippen molar-refractivity contribution in [3.8, 4) is 5.75 Å². The highest BCUT2D eigenvalue weighted by atomic mass is 35.5. The smallest absolute Gasteiger partial charge is 0.314 e. The maximum absolute atomic E-state index is 11.5. The van der Waals surface area contributed by atoms with Gasteiger partial charge in [-0.15, -0.1) is 0 Å². The average Bonchev–Trinajstić information content (AvgIpc) is 3.11. The van der Waals surface area contributed by atoms with Gasteiger partial charge < -0.3 is 9.84 Å². The van der Waals surface area contributed by atoms with Gasteiger partial charge >= 0.3 is 5.97 Å². The van der Waals surface area contributed by atoms with E-state index in [-0.39, 0.29) is 0 Å². The lowest BCUT2D eigenvalue weighted by molar-refractivity contribution is -0.147. The summed E-state index contributed by atoms with van der Waals surface area (Å²) in [5, 5.41) is 9.96. The van der Waals surface area contributed by atoms with Crippen LogP contribution in [0.3, 0.4) is 0 Å². The fraction of sp³-hybridized carbons (Fsp3) is 0.533. The molecule has 1 aromatic carbocycles. The standard InChI is InChI=1S/C15H17ClO3/c16-13-11(15(14(17)18)7-2-8-15)3-1-4-12(13)19-9-10-5-6-10/h1,3-4,10H,2,5-9H2,(H,17,18). The molecule has 0 amide bonds. The Morgan fingerprint density at radius 1 is 1.42 bits per heavy atom. The van der Waals surface area contributed by atoms with E-state index in [4.69, 9.17) is 16.3 Å². The Morgan fingerprint density at radius 3 is 2.68 bits per heavy atom. The van der Waals surface area contributed by atoms with Crippen molar-refractivity contribution in [3.63, 3.8) is 0 Å². The molecule has 0 aliphatic heterocycles. The van der Waals surface area contributed by atoms with Crippen LogP contribution in [-0.2, 0) is 10.2 Å². The molecule has 1 N–H and O–H groups in total. The molecular formula is C15H17ClO3. The zero-order valence-corrected chi connectivity index (χ0v) is 11.4. The van der Waals surface area contributed by atoms with E-state index >= 15 is 0 Å². The van der Waals surface area contributed by atoms with E-state index in [0.29, 0.717) is 41.7 Å². The molecule has 3 nitrogen and oxygen atoms in total. The van der Waals surface area contributed by atoms with Crippen molar-refractivity contribution in [2.45, 2.75) is 37.5 Å². The Morgan fingerprint density at radius 2 is 2.16 bits per heavy atom. The van der Waals surface area contributed by atoms with Gasteiger partial charge in [0.25, 0.3) is 0 Å². The van der Waals surface area contributed by atoms with E-state index in [1.54, 1.807) is 0 Å². The van der Waals surface area contributed by atoms with Gasteiger partial charge in [-0.05, 0) is 43.2 Å². The third-order valence-electron chi connectivity index (χ3n) is 4.27. The molecule has 2 saturated carbocycles. The quantitative estimate of drug-likeness (QED) is 0.896. The fourth-order valence-electron chi connectivity index (χ4n) is 2.61. The molecule has 0 saturated heterocycles. The van der Waals surface area contributed by atoms with Crippen LogP contribution >= 0.6 is 11.6 Å². The van der Waals surface area contributed by atoms with Crippen LogP contribution in [0.2, 0.25) is 5.02 Å². The van der Waals surface area contributed by atoms with E-state index in [2.05, 4.69) is 0 Å². The zero-order valence-electron chi connectivity index (χ0n) is 10.7. The van der Waals surface area contributed by atoms with Gasteiger partial charge in [0.15, 0.2) is 0 Å². The van der Waals surface area contributed by atoms with Gasteiger partial charge in [0.2, 0.25) is 0 Å². The Balaban J connectivity index is 1.88. The summed E-state index contributed by atoms with van der Waals surface area (Å²) in [4.78, 5) is 11.5. The number of hydrogen-bond donors (Lipinski definition) is 1. The number of rotatable bonds is 5. The number of carbonyl (C=O) groups is 1. The summed E-state index contributed by atoms with van der Waals surface area (Å²) in [7, 11) is 0. The first-order valence-corrected chi connectivity index (χ1v) is 7.16. The highest BCUT2D eigenvalue weighted by molar-refractivity contribution is 6.33. The number of carboxylic acids is 1. The van der Waals surface area contributed by atoms with Gasteiger partial charge in [0, 0.05) is 0 Å². The molecule has 0 aromatic heterocycles. The summed E-state index contributed by atoms with van der Waals surface area (Å²) in [6.07, 6.45) is 4.70. The second-order valence-electron chi connectivity index (χ2n) is 5.61. The predicted molar refractivity (Wildman–Crippen MR) is 72.8 cm³/mol. The van der Waals surface area contributed by atoms with Crippen LogP contribution < -0.4 is 4.74 Å². The molecule has 0 spiro atoms. The Labute approximate surface area is 117 Å². The molecule has 4 heteroatoms. The number of ether oxygens (including phenoxy) is 1. The van der Waals surface area contributed by atoms with Crippen LogP contribution in [0.15, 0.2) is 18.2 Å². The van der Waals surface area contributed by atoms with Gasteiger partial charge in [0.05, 0.1) is 17.0 Å². The molecule has 1 aromatic rings. The molecule has 0 radical (unpaired) electrons. The van der Waals surface area contributed by atoms with Gasteiger partial charge in [-0.25, -0.2) is 0 Å². The van der Waals surface area contributed by atoms with Crippen molar-refractivity contribution in [2.75, 3.05) is 6.61 Å². The number of carboxylic acid groups (broad SMARTS) is 1. The summed E-state index contributed by atoms with van der Waals surface area (Å²) in [6, 6.07) is 5.48. The van der Waals surface area contributed by atoms with E-state index in [1.807, 2.05) is 18.2 Å². The molecule has 0 bridgehead atoms. The van der Waals surface area contributed by atoms with Crippen molar-refractivity contribution in [1.29, 1.82) is 0 Å². The molecule has 2 aliphatic rings. The second-order valence-corrected chi connectivity index (χ2v) is 5.99. The molecule has 0 atom stereocenters. The monoisotopic (exact) mass is 280 g/mol. The van der Waals surface area contributed by atoms with E-state index < -0.39 is 11.4 Å². The van der Waals surface area contributed by atoms with Gasteiger partial charge in [-0.1, -0.05) is 30.2 Å². The summed E-state index contributed by atoms with van der Waals surface area (Å²) in [6.45, 7) is 0.684. The minimum absolute atomic E-state index is 0.477. The summed E-state index contributed by atoms with van der Waals surface area (Å²) in [5.74, 6) is 0.496. The third-order valence-corrected chi connectivity index (χ3v) is 4.66. The molecule has 2 fully saturated rings. The molecule has 19 heavy (non-hydrogen) atoms. The summed E-state index contributed by atoms with van der Waals surface area (Å²) < 4.78 is 5.72. The topological polar surface area (TPSA) is 46.5 Å². The molecular weight excluding hydrogens is 264 g/mol. The maximum Gasteiger partial charge on any atom is 0.314 e. The second kappa shape index (κ2) is 4.71. The van der Waals surface area contributed by atoms with E-state index in [9.17, 15) is 9.90 Å². The largest absolute Gasteiger partial charge is 0.492 e. The van der Waals surface area contributed by atoms with Crippen LogP contribution in [-0.4, -0.2) is 17.7 Å². The van der Waals surface area contributed by atoms with Crippen molar-refractivity contribution < 1.29 is 14.6 Å². The fourth-order valence-corrected chi connectivity index (χ4v) is 2.97. The first kappa shape index (κ1) is 12.8. The first-order valence-electron chi connectivity index (χ1n) is 6.79. The van der Waals surface area contributed by atoms with Crippen LogP contribution in [0.25, 0.3) is 0 Å². The van der Waals surface area contributed by atoms with Crippen LogP contribution in [0.5, 0.6) is 5.75 Å². The minimum atomic E-state index is -0.796. The first-order chi connectivity index (χ1) is 9.13. The highest BCUT2D eigenvalue weighted by Crippen LogP contribution is 2.48. The van der Waals surface area contributed by atoms with Gasteiger partial charge in [-0.2, -0.15) is 0 Å². The Hall–Kier alpha value is -1.22. The lowest BCUT2D eigenvalue weighted by atomic mass is 9.64. The zero-order chi connectivity index (χ0) is 13.5. The number of benzene rings is 1. The van der Waals surface area contributed by atoms with Crippen LogP contribution in [0.4, 0.5) is 0 Å². The number of aliphatic carboxylic acids is 1. The van der Waals surface area contributed by atoms with Crippen molar-refractivity contribution in [2.24, 2.45) is 5.92 Å². The average molecular weight is 281 g/mol. The van der Waals surface area contributed by atoms with Gasteiger partial charge in [-0.3, -0.25) is 4.79 Å². The number of halogens is 1. The molecule has 3 rings (SSSR count). The van der Waals surface area contributed by atoms with E-state index in [0.717, 1.165) is 6.42 Å². The minimum Gasteiger partial charge on any atom is -0.492 e. The normalized spacial score (nSPS) is 20.7. The predicted octanol–water partition coefficient (Wildman–Crippen LogP) is 3.64. The van der Waals surface area contributed by atoms with Crippen molar-refractivity contribution in [1.82, 2.24) is 0 Å². The van der Waals surface area contributed by atoms with E-state index in [1.165, 1.54) is 12.8 Å². The lowest BCUT2D eigenvalue weighted by Crippen LogP contribution is -2.42. The number of hydrogen-bond acceptors (Lipinski definition) is 2. The molecule has 0 unspecified atom stereocenters. The summed E-state index contributed by atoms with van der Waals surface area (Å²) >= 11 is 6.37. The molecule has 102 valence electrons. The Bertz CT molecular complexity index is 504. The maximum atomic E-state index is 11.5. The third kappa shape index (κ3) is 2.20. The Kier molecular flexibility index (Phi) is 3.17. The molecule has 0 heterocycles. The van der Waals surface area contributed by atoms with Crippen molar-refractivity contribution in [3.05, 3.63) is 28.8 Å². The van der Waals surface area contributed by atoms with Crippen molar-refractivity contribution >= 4 is 17.6 Å². The SMILES string of the molecule is O=C(O)C1(c2cccc(OCC3CC3)c2Cl)CCC1. The van der Waals surface area contributed by atoms with Crippen LogP contribution in [0.1, 0.15) is 37.7 Å². The van der Waals surface area contributed by atoms with Crippen LogP contribution in [0, 0.1) is 5.92 Å². The molecule has 2 aliphatic carbocycles. The van der Waals surface area contributed by atoms with Gasteiger partial charge in [0.1, 0.15) is 5.75 Å². The summed E-state index contributed by atoms with van der Waals surface area (Å²) in [5.41, 5.74) is -0.0861. The lowest BCUT2D eigenvalue weighted by Gasteiger charge is -2.38. The highest BCUT2D eigenvalue weighted by Gasteiger charge is 2.47.